The van der Waals surface area contributed by atoms with E-state index in [-0.39, 0.29) is 46.4 Å². The Bertz CT molecular complexity index is 350. The predicted molar refractivity (Wildman–Crippen MR) is 48.7 cm³/mol. The van der Waals surface area contributed by atoms with Crippen LogP contribution in [0.3, 0.4) is 0 Å². The van der Waals surface area contributed by atoms with Crippen molar-refractivity contribution in [1.29, 1.82) is 0 Å². The molecule has 0 unspecified atom stereocenters. The van der Waals surface area contributed by atoms with E-state index in [0.29, 0.717) is 0 Å². The van der Waals surface area contributed by atoms with Gasteiger partial charge in [0.15, 0.2) is 0 Å². The first-order valence-electron chi connectivity index (χ1n) is 2.65. The van der Waals surface area contributed by atoms with Crippen LogP contribution >= 0.6 is 0 Å². The monoisotopic (exact) mass is 270 g/mol. The van der Waals surface area contributed by atoms with E-state index in [9.17, 15) is 25.9 Å². The van der Waals surface area contributed by atoms with E-state index in [1.807, 2.05) is 0 Å². The van der Waals surface area contributed by atoms with Crippen LogP contribution in [-0.4, -0.2) is 59.2 Å². The number of rotatable bonds is 2. The molecule has 0 rings (SSSR count). The van der Waals surface area contributed by atoms with Gasteiger partial charge in [0, 0.05) is 0 Å². The van der Waals surface area contributed by atoms with Crippen LogP contribution in [0.25, 0.3) is 0 Å². The Morgan fingerprint density at radius 2 is 1.00 bits per heavy atom. The summed E-state index contributed by atoms with van der Waals surface area (Å²) in [6.07, 6.45) is 0.366. The smallest absolute Gasteiger partial charge is 0.744 e. The molecule has 8 nitrogen and oxygen atoms in total. The van der Waals surface area contributed by atoms with Crippen molar-refractivity contribution in [3.63, 3.8) is 0 Å². The molecule has 11 heteroatoms. The van der Waals surface area contributed by atoms with Crippen molar-refractivity contribution in [3.05, 3.63) is 23.3 Å². The zero-order valence-corrected chi connectivity index (χ0v) is 10.2. The summed E-state index contributed by atoms with van der Waals surface area (Å²) in [7, 11) is -8.71. The molecule has 0 aliphatic heterocycles. The quantitative estimate of drug-likeness (QED) is 0.358. The van der Waals surface area contributed by atoms with Crippen LogP contribution in [0.2, 0.25) is 0 Å². The van der Waals surface area contributed by atoms with Gasteiger partial charge in [0.05, 0.1) is 23.3 Å². The minimum absolute atomic E-state index is 0. The largest absolute Gasteiger partial charge is 2.00 e. The molecular weight excluding hydrogens is 264 g/mol. The molecule has 0 aromatic heterocycles. The van der Waals surface area contributed by atoms with Gasteiger partial charge in [-0.25, -0.2) is 16.8 Å². The number of hydrogen-bond donors (Lipinski definition) is 2. The zero-order valence-electron chi connectivity index (χ0n) is 7.18. The topological polar surface area (TPSA) is 155 Å². The van der Waals surface area contributed by atoms with Crippen LogP contribution in [0.4, 0.5) is 0 Å². The summed E-state index contributed by atoms with van der Waals surface area (Å²) in [5.74, 6) is 0. The number of aliphatic hydroxyl groups is 2. The van der Waals surface area contributed by atoms with Crippen molar-refractivity contribution in [2.75, 3.05) is 0 Å². The molecule has 0 atom stereocenters. The van der Waals surface area contributed by atoms with Crippen molar-refractivity contribution in [2.45, 2.75) is 0 Å². The molecule has 0 aliphatic rings. The van der Waals surface area contributed by atoms with Crippen molar-refractivity contribution in [2.24, 2.45) is 0 Å². The van der Waals surface area contributed by atoms with Crippen molar-refractivity contribution >= 4 is 43.3 Å². The summed E-state index contributed by atoms with van der Waals surface area (Å²) >= 11 is 0. The average molecular weight is 271 g/mol. The third-order valence-corrected chi connectivity index (χ3v) is 1.37. The molecule has 0 saturated carbocycles. The standard InChI is InChI=1S/2C2H4O4S.Mg/c2*3-1-2-7(4,5)6;/h2*1-3H,(H,4,5,6);/q;;+2/p-2. The van der Waals surface area contributed by atoms with Gasteiger partial charge in [0.1, 0.15) is 20.2 Å². The Morgan fingerprint density at radius 3 is 1.00 bits per heavy atom. The van der Waals surface area contributed by atoms with E-state index in [1.54, 1.807) is 0 Å². The van der Waals surface area contributed by atoms with Gasteiger partial charge in [-0.2, -0.15) is 0 Å². The molecule has 0 aromatic rings. The second kappa shape index (κ2) is 8.93. The average Bonchev–Trinajstić information content (AvgIpc) is 1.81. The normalized spacial score (nSPS) is 11.9. The SMILES string of the molecule is O=S(=O)([O-])C=CO.O=S(=O)([O-])C=CO.[Mg+2]. The first kappa shape index (κ1) is 20.1. The van der Waals surface area contributed by atoms with Crippen molar-refractivity contribution in [3.8, 4) is 0 Å². The van der Waals surface area contributed by atoms with E-state index < -0.39 is 20.2 Å². The van der Waals surface area contributed by atoms with Crippen LogP contribution in [0.1, 0.15) is 0 Å². The third-order valence-electron chi connectivity index (χ3n) is 0.455. The van der Waals surface area contributed by atoms with Gasteiger partial charge in [-0.3, -0.25) is 0 Å². The molecule has 0 spiro atoms. The summed E-state index contributed by atoms with van der Waals surface area (Å²) in [6.45, 7) is 0. The van der Waals surface area contributed by atoms with E-state index in [0.717, 1.165) is 0 Å². The molecule has 84 valence electrons. The van der Waals surface area contributed by atoms with Crippen LogP contribution in [0, 0.1) is 0 Å². The second-order valence-electron chi connectivity index (χ2n) is 1.56. The molecule has 0 heterocycles. The number of hydrogen-bond acceptors (Lipinski definition) is 8. The molecule has 0 bridgehead atoms. The van der Waals surface area contributed by atoms with Gasteiger partial charge < -0.3 is 19.3 Å². The molecule has 0 radical (unpaired) electrons. The van der Waals surface area contributed by atoms with Gasteiger partial charge >= 0.3 is 23.1 Å². The Morgan fingerprint density at radius 1 is 0.800 bits per heavy atom. The maximum Gasteiger partial charge on any atom is 2.00 e. The zero-order chi connectivity index (χ0) is 11.8. The second-order valence-corrected chi connectivity index (χ2v) is 4.07. The van der Waals surface area contributed by atoms with Gasteiger partial charge in [-0.15, -0.1) is 0 Å². The summed E-state index contributed by atoms with van der Waals surface area (Å²) in [4.78, 5) is 0. The molecule has 0 aliphatic carbocycles. The summed E-state index contributed by atoms with van der Waals surface area (Å²) in [5.41, 5.74) is 0. The molecule has 0 fully saturated rings. The Hall–Kier alpha value is -0.334. The Balaban J connectivity index is -0.000000180. The molecule has 0 saturated heterocycles. The molecule has 15 heavy (non-hydrogen) atoms. The van der Waals surface area contributed by atoms with Gasteiger partial charge in [0.25, 0.3) is 0 Å². The first-order valence-corrected chi connectivity index (χ1v) is 5.60. The fraction of sp³-hybridized carbons (Fsp3) is 0. The van der Waals surface area contributed by atoms with Gasteiger partial charge in [0.2, 0.25) is 0 Å². The van der Waals surface area contributed by atoms with E-state index >= 15 is 0 Å². The minimum Gasteiger partial charge on any atom is -0.744 e. The molecular formula is C4H6MgO8S2. The van der Waals surface area contributed by atoms with Crippen LogP contribution in [0.15, 0.2) is 23.3 Å². The van der Waals surface area contributed by atoms with E-state index in [2.05, 4.69) is 0 Å². The van der Waals surface area contributed by atoms with Crippen molar-refractivity contribution in [1.82, 2.24) is 0 Å². The van der Waals surface area contributed by atoms with E-state index in [4.69, 9.17) is 10.2 Å². The summed E-state index contributed by atoms with van der Waals surface area (Å²) in [5, 5.41) is 15.6. The summed E-state index contributed by atoms with van der Waals surface area (Å²) < 4.78 is 56.6. The van der Waals surface area contributed by atoms with Gasteiger partial charge in [-0.1, -0.05) is 0 Å². The van der Waals surface area contributed by atoms with Crippen LogP contribution < -0.4 is 0 Å². The Kier molecular flexibility index (Phi) is 12.0. The minimum atomic E-state index is -4.35. The predicted octanol–water partition coefficient (Wildman–Crippen LogP) is -1.26. The molecule has 2 N–H and O–H groups in total. The third kappa shape index (κ3) is 31.6. The fourth-order valence-corrected chi connectivity index (χ4v) is 0.447. The maximum atomic E-state index is 9.43. The van der Waals surface area contributed by atoms with Crippen LogP contribution in [-0.2, 0) is 20.2 Å². The van der Waals surface area contributed by atoms with E-state index in [1.165, 1.54) is 0 Å². The number of aliphatic hydroxyl groups excluding tert-OH is 2. The molecule has 0 aromatic carbocycles. The maximum absolute atomic E-state index is 9.43. The fourth-order valence-electron chi connectivity index (χ4n) is 0.149. The van der Waals surface area contributed by atoms with Crippen molar-refractivity contribution < 1.29 is 36.2 Å². The van der Waals surface area contributed by atoms with Gasteiger partial charge in [-0.05, 0) is 0 Å². The van der Waals surface area contributed by atoms with Crippen LogP contribution in [0.5, 0.6) is 0 Å². The summed E-state index contributed by atoms with van der Waals surface area (Å²) in [6, 6.07) is 0. The first-order chi connectivity index (χ1) is 6.12. The molecule has 0 amide bonds. The Labute approximate surface area is 103 Å².